The summed E-state index contributed by atoms with van der Waals surface area (Å²) in [4.78, 5) is 35.3. The average molecular weight is 777 g/mol. The zero-order valence-electron chi connectivity index (χ0n) is 35.5. The minimum Gasteiger partial charge on any atom is -0.462 e. The van der Waals surface area contributed by atoms with E-state index in [1.54, 1.807) is 0 Å². The van der Waals surface area contributed by atoms with E-state index in [4.69, 9.17) is 18.5 Å². The van der Waals surface area contributed by atoms with Gasteiger partial charge in [0.05, 0.1) is 27.7 Å². The van der Waals surface area contributed by atoms with Crippen molar-refractivity contribution >= 4 is 19.8 Å². The van der Waals surface area contributed by atoms with Crippen LogP contribution in [0.3, 0.4) is 0 Å². The van der Waals surface area contributed by atoms with Crippen LogP contribution < -0.4 is 0 Å². The Balaban J connectivity index is 4.25. The quantitative estimate of drug-likeness (QED) is 0.0283. The van der Waals surface area contributed by atoms with Gasteiger partial charge < -0.3 is 18.9 Å². The van der Waals surface area contributed by atoms with Gasteiger partial charge in [0.25, 0.3) is 0 Å². The maximum absolute atomic E-state index is 12.6. The van der Waals surface area contributed by atoms with Gasteiger partial charge in [0.2, 0.25) is 0 Å². The molecule has 0 fully saturated rings. The topological polar surface area (TPSA) is 108 Å². The predicted molar refractivity (Wildman–Crippen MR) is 220 cm³/mol. The van der Waals surface area contributed by atoms with E-state index in [0.29, 0.717) is 23.9 Å². The number of rotatable bonds is 41. The number of hydrogen-bond acceptors (Lipinski definition) is 7. The van der Waals surface area contributed by atoms with Gasteiger partial charge >= 0.3 is 19.8 Å². The lowest BCUT2D eigenvalue weighted by Crippen LogP contribution is -2.37. The molecule has 0 rings (SSSR count). The second kappa shape index (κ2) is 36.6. The number of ether oxygens (including phenoxy) is 2. The Bertz CT molecular complexity index is 881. The van der Waals surface area contributed by atoms with E-state index in [0.717, 1.165) is 32.1 Å². The maximum Gasteiger partial charge on any atom is 0.472 e. The molecule has 0 amide bonds. The molecule has 2 atom stereocenters. The van der Waals surface area contributed by atoms with Gasteiger partial charge in [0, 0.05) is 12.8 Å². The molecule has 1 N–H and O–H groups in total. The third-order valence-corrected chi connectivity index (χ3v) is 10.9. The van der Waals surface area contributed by atoms with Crippen molar-refractivity contribution in [2.45, 2.75) is 219 Å². The normalized spacial score (nSPS) is 13.5. The molecule has 0 saturated heterocycles. The van der Waals surface area contributed by atoms with Crippen LogP contribution in [0.1, 0.15) is 213 Å². The standard InChI is InChI=1S/C43H86NO8P/c1-6-8-10-12-14-16-18-19-20-21-22-23-24-26-27-29-31-33-35-42(45)49-39-41(40-51-53(47,48)50-38-37-44(3,4)5)52-43(46)36-34-32-30-28-25-17-15-13-11-9-7-2/h41H,6-40H2,1-5H3/p+1/t41-/m1/s1. The number of phosphoric ester groups is 1. The molecule has 9 nitrogen and oxygen atoms in total. The number of esters is 2. The van der Waals surface area contributed by atoms with Gasteiger partial charge in [-0.05, 0) is 12.8 Å². The van der Waals surface area contributed by atoms with Gasteiger partial charge in [-0.2, -0.15) is 0 Å². The molecule has 0 spiro atoms. The minimum absolute atomic E-state index is 0.0367. The van der Waals surface area contributed by atoms with Crippen LogP contribution in [-0.2, 0) is 32.7 Å². The summed E-state index contributed by atoms with van der Waals surface area (Å²) < 4.78 is 34.3. The molecule has 0 aromatic rings. The van der Waals surface area contributed by atoms with E-state index in [9.17, 15) is 19.0 Å². The number of likely N-dealkylation sites (N-methyl/N-ethyl adjacent to an activating group) is 1. The molecule has 0 saturated carbocycles. The zero-order chi connectivity index (χ0) is 39.3. The second-order valence-electron chi connectivity index (χ2n) is 16.5. The Hall–Kier alpha value is -0.990. The van der Waals surface area contributed by atoms with Crippen molar-refractivity contribution < 1.29 is 42.1 Å². The third kappa shape index (κ3) is 40.5. The summed E-state index contributed by atoms with van der Waals surface area (Å²) in [5.74, 6) is -0.785. The number of quaternary nitrogens is 1. The van der Waals surface area contributed by atoms with Crippen molar-refractivity contribution in [3.05, 3.63) is 0 Å². The SMILES string of the molecule is CCCCCCCCCCCCCCCCCCCCC(=O)OC[C@H](COP(=O)(O)OCC[N+](C)(C)C)OC(=O)CCCCCCCCCCCCC. The van der Waals surface area contributed by atoms with Crippen LogP contribution in [0.5, 0.6) is 0 Å². The lowest BCUT2D eigenvalue weighted by Gasteiger charge is -2.24. The van der Waals surface area contributed by atoms with Crippen molar-refractivity contribution in [3.8, 4) is 0 Å². The molecule has 0 heterocycles. The molecule has 53 heavy (non-hydrogen) atoms. The van der Waals surface area contributed by atoms with E-state index < -0.39 is 26.5 Å². The monoisotopic (exact) mass is 777 g/mol. The molecule has 0 aliphatic carbocycles. The van der Waals surface area contributed by atoms with Gasteiger partial charge in [-0.3, -0.25) is 18.6 Å². The Morgan fingerprint density at radius 2 is 0.849 bits per heavy atom. The largest absolute Gasteiger partial charge is 0.472 e. The molecule has 0 aromatic carbocycles. The van der Waals surface area contributed by atoms with Gasteiger partial charge in [-0.25, -0.2) is 4.57 Å². The average Bonchev–Trinajstić information content (AvgIpc) is 3.10. The summed E-state index contributed by atoms with van der Waals surface area (Å²) in [7, 11) is 1.49. The van der Waals surface area contributed by atoms with E-state index in [-0.39, 0.29) is 25.6 Å². The highest BCUT2D eigenvalue weighted by molar-refractivity contribution is 7.47. The zero-order valence-corrected chi connectivity index (χ0v) is 36.4. The molecule has 0 aliphatic heterocycles. The van der Waals surface area contributed by atoms with Crippen LogP contribution in [0, 0.1) is 0 Å². The number of carbonyl (C=O) groups is 2. The summed E-state index contributed by atoms with van der Waals surface area (Å²) in [5.41, 5.74) is 0. The van der Waals surface area contributed by atoms with E-state index >= 15 is 0 Å². The van der Waals surface area contributed by atoms with Crippen LogP contribution in [0.15, 0.2) is 0 Å². The first-order chi connectivity index (χ1) is 25.5. The van der Waals surface area contributed by atoms with Gasteiger partial charge in [-0.15, -0.1) is 0 Å². The minimum atomic E-state index is -4.36. The number of nitrogens with zero attached hydrogens (tertiary/aromatic N) is 1. The number of hydrogen-bond donors (Lipinski definition) is 1. The van der Waals surface area contributed by atoms with E-state index in [2.05, 4.69) is 13.8 Å². The van der Waals surface area contributed by atoms with Crippen LogP contribution in [0.25, 0.3) is 0 Å². The smallest absolute Gasteiger partial charge is 0.462 e. The van der Waals surface area contributed by atoms with Gasteiger partial charge in [0.15, 0.2) is 6.10 Å². The highest BCUT2D eigenvalue weighted by atomic mass is 31.2. The van der Waals surface area contributed by atoms with Crippen molar-refractivity contribution in [3.63, 3.8) is 0 Å². The number of carbonyl (C=O) groups excluding carboxylic acids is 2. The predicted octanol–water partition coefficient (Wildman–Crippen LogP) is 12.4. The molecule has 316 valence electrons. The van der Waals surface area contributed by atoms with E-state index in [1.165, 1.54) is 148 Å². The number of phosphoric acid groups is 1. The molecule has 1 unspecified atom stereocenters. The van der Waals surface area contributed by atoms with Crippen LogP contribution in [0.2, 0.25) is 0 Å². The van der Waals surface area contributed by atoms with Crippen molar-refractivity contribution in [1.29, 1.82) is 0 Å². The molecule has 0 bridgehead atoms. The fraction of sp³-hybridized carbons (Fsp3) is 0.953. The third-order valence-electron chi connectivity index (χ3n) is 9.89. The fourth-order valence-electron chi connectivity index (χ4n) is 6.37. The van der Waals surface area contributed by atoms with Crippen molar-refractivity contribution in [1.82, 2.24) is 0 Å². The fourth-order valence-corrected chi connectivity index (χ4v) is 7.11. The second-order valence-corrected chi connectivity index (χ2v) is 17.9. The first kappa shape index (κ1) is 52.0. The molecule has 0 aromatic heterocycles. The van der Waals surface area contributed by atoms with Crippen LogP contribution in [-0.4, -0.2) is 74.9 Å². The molecule has 10 heteroatoms. The Morgan fingerprint density at radius 1 is 0.509 bits per heavy atom. The summed E-state index contributed by atoms with van der Waals surface area (Å²) >= 11 is 0. The van der Waals surface area contributed by atoms with E-state index in [1.807, 2.05) is 21.1 Å². The summed E-state index contributed by atoms with van der Waals surface area (Å²) in [5, 5.41) is 0. The molecule has 0 radical (unpaired) electrons. The van der Waals surface area contributed by atoms with Crippen LogP contribution in [0.4, 0.5) is 0 Å². The van der Waals surface area contributed by atoms with Gasteiger partial charge in [0.1, 0.15) is 19.8 Å². The highest BCUT2D eigenvalue weighted by Gasteiger charge is 2.27. The molecule has 0 aliphatic rings. The first-order valence-electron chi connectivity index (χ1n) is 22.3. The first-order valence-corrected chi connectivity index (χ1v) is 23.8. The lowest BCUT2D eigenvalue weighted by atomic mass is 10.0. The van der Waals surface area contributed by atoms with Crippen molar-refractivity contribution in [2.75, 3.05) is 47.5 Å². The molecular formula is C43H87NO8P+. The maximum atomic E-state index is 12.6. The summed E-state index contributed by atoms with van der Waals surface area (Å²) in [6.07, 6.45) is 35.8. The Kier molecular flexibility index (Phi) is 36.0. The Labute approximate surface area is 327 Å². The summed E-state index contributed by atoms with van der Waals surface area (Å²) in [6, 6.07) is 0. The Morgan fingerprint density at radius 3 is 1.21 bits per heavy atom. The lowest BCUT2D eigenvalue weighted by molar-refractivity contribution is -0.870. The summed E-state index contributed by atoms with van der Waals surface area (Å²) in [6.45, 7) is 4.45. The van der Waals surface area contributed by atoms with Crippen LogP contribution >= 0.6 is 7.82 Å². The molecular weight excluding hydrogens is 689 g/mol. The highest BCUT2D eigenvalue weighted by Crippen LogP contribution is 2.43. The number of unbranched alkanes of at least 4 members (excludes halogenated alkanes) is 27. The van der Waals surface area contributed by atoms with Gasteiger partial charge in [-0.1, -0.05) is 187 Å². The van der Waals surface area contributed by atoms with Crippen molar-refractivity contribution in [2.24, 2.45) is 0 Å².